The molecule has 1 amide bonds. The first-order valence-corrected chi connectivity index (χ1v) is 8.62. The second-order valence-electron chi connectivity index (χ2n) is 6.70. The number of nitrogens with one attached hydrogen (secondary N) is 2. The lowest BCUT2D eigenvalue weighted by Gasteiger charge is -2.31. The number of fused-ring (bicyclic) bond motifs is 1. The lowest BCUT2D eigenvalue weighted by molar-refractivity contribution is 0.0940. The molecule has 1 aliphatic rings. The Morgan fingerprint density at radius 2 is 2.28 bits per heavy atom. The Morgan fingerprint density at radius 3 is 2.96 bits per heavy atom. The summed E-state index contributed by atoms with van der Waals surface area (Å²) in [7, 11) is 1.74. The van der Waals surface area contributed by atoms with Crippen LogP contribution in [0.5, 0.6) is 0 Å². The zero-order valence-electron chi connectivity index (χ0n) is 14.2. The molecule has 3 aromatic rings. The molecule has 2 heterocycles. The van der Waals surface area contributed by atoms with Gasteiger partial charge in [-0.15, -0.1) is 0 Å². The summed E-state index contributed by atoms with van der Waals surface area (Å²) in [6.45, 7) is 0.336. The van der Waals surface area contributed by atoms with Crippen LogP contribution in [0.2, 0.25) is 0 Å². The van der Waals surface area contributed by atoms with Gasteiger partial charge in [0.15, 0.2) is 0 Å². The van der Waals surface area contributed by atoms with Crippen LogP contribution in [-0.4, -0.2) is 25.7 Å². The number of hydrogen-bond donors (Lipinski definition) is 3. The second kappa shape index (κ2) is 6.33. The number of H-pyrrole nitrogens is 1. The van der Waals surface area contributed by atoms with Crippen LogP contribution in [0, 0.1) is 5.92 Å². The first-order valence-electron chi connectivity index (χ1n) is 8.62. The van der Waals surface area contributed by atoms with E-state index in [1.165, 1.54) is 19.3 Å². The Kier molecular flexibility index (Phi) is 4.01. The minimum atomic E-state index is -0.173. The smallest absolute Gasteiger partial charge is 0.269 e. The largest absolute Gasteiger partial charge is 0.343 e. The molecule has 0 spiro atoms. The minimum absolute atomic E-state index is 0.0921. The molecule has 1 aromatic carbocycles. The van der Waals surface area contributed by atoms with Gasteiger partial charge in [0.05, 0.1) is 17.6 Å². The molecule has 1 fully saturated rings. The fraction of sp³-hybridized carbons (Fsp3) is 0.389. The van der Waals surface area contributed by atoms with Crippen molar-refractivity contribution in [3.05, 3.63) is 47.5 Å². The highest BCUT2D eigenvalue weighted by atomic mass is 16.2. The van der Waals surface area contributed by atoms with Crippen LogP contribution in [0.15, 0.2) is 30.5 Å². The third kappa shape index (κ3) is 3.02. The standard InChI is InChI=1S/C18H22N6O/c1-24-15(7-8-21-24)18(25)20-10-16-22-13-6-5-12(9-14(13)23-16)17(19)11-3-2-4-11/h5-9,11,17H,2-4,10,19H2,1H3,(H,20,25)(H,22,23). The highest BCUT2D eigenvalue weighted by Crippen LogP contribution is 2.36. The van der Waals surface area contributed by atoms with Gasteiger partial charge in [-0.25, -0.2) is 4.98 Å². The third-order valence-electron chi connectivity index (χ3n) is 5.07. The Morgan fingerprint density at radius 1 is 1.44 bits per heavy atom. The van der Waals surface area contributed by atoms with Crippen LogP contribution in [0.1, 0.15) is 47.2 Å². The van der Waals surface area contributed by atoms with Gasteiger partial charge in [0.2, 0.25) is 0 Å². The molecule has 0 saturated heterocycles. The van der Waals surface area contributed by atoms with Crippen LogP contribution in [0.25, 0.3) is 11.0 Å². The van der Waals surface area contributed by atoms with E-state index in [4.69, 9.17) is 5.73 Å². The Bertz CT molecular complexity index is 907. The predicted octanol–water partition coefficient (Wildman–Crippen LogP) is 2.03. The Hall–Kier alpha value is -2.67. The molecule has 4 N–H and O–H groups in total. The summed E-state index contributed by atoms with van der Waals surface area (Å²) in [5.74, 6) is 1.14. The number of carbonyl (C=O) groups excluding carboxylic acids is 1. The molecular weight excluding hydrogens is 316 g/mol. The van der Waals surface area contributed by atoms with Gasteiger partial charge in [0.25, 0.3) is 5.91 Å². The van der Waals surface area contributed by atoms with Gasteiger partial charge in [-0.1, -0.05) is 12.5 Å². The summed E-state index contributed by atoms with van der Waals surface area (Å²) in [5, 5.41) is 6.86. The predicted molar refractivity (Wildman–Crippen MR) is 94.7 cm³/mol. The molecular formula is C18H22N6O. The average Bonchev–Trinajstić information content (AvgIpc) is 3.15. The SMILES string of the molecule is Cn1nccc1C(=O)NCc1nc2ccc(C(N)C3CCC3)cc2[nH]1. The molecule has 4 rings (SSSR count). The van der Waals surface area contributed by atoms with Crippen molar-refractivity contribution in [2.24, 2.45) is 18.7 Å². The van der Waals surface area contributed by atoms with Crippen molar-refractivity contribution in [3.8, 4) is 0 Å². The second-order valence-corrected chi connectivity index (χ2v) is 6.70. The fourth-order valence-electron chi connectivity index (χ4n) is 3.29. The van der Waals surface area contributed by atoms with Gasteiger partial charge >= 0.3 is 0 Å². The quantitative estimate of drug-likeness (QED) is 0.662. The van der Waals surface area contributed by atoms with E-state index in [-0.39, 0.29) is 11.9 Å². The number of carbonyl (C=O) groups is 1. The summed E-state index contributed by atoms with van der Waals surface area (Å²) in [6.07, 6.45) is 5.31. The van der Waals surface area contributed by atoms with E-state index in [9.17, 15) is 4.79 Å². The molecule has 7 nitrogen and oxygen atoms in total. The maximum absolute atomic E-state index is 12.1. The number of nitrogens with two attached hydrogens (primary N) is 1. The van der Waals surface area contributed by atoms with Crippen molar-refractivity contribution >= 4 is 16.9 Å². The van der Waals surface area contributed by atoms with Gasteiger partial charge in [0.1, 0.15) is 11.5 Å². The van der Waals surface area contributed by atoms with Gasteiger partial charge < -0.3 is 16.0 Å². The topological polar surface area (TPSA) is 102 Å². The van der Waals surface area contributed by atoms with E-state index >= 15 is 0 Å². The first kappa shape index (κ1) is 15.8. The number of aryl methyl sites for hydroxylation is 1. The molecule has 1 atom stereocenters. The van der Waals surface area contributed by atoms with Crippen LogP contribution < -0.4 is 11.1 Å². The van der Waals surface area contributed by atoms with Crippen molar-refractivity contribution in [2.45, 2.75) is 31.8 Å². The maximum Gasteiger partial charge on any atom is 0.269 e. The summed E-state index contributed by atoms with van der Waals surface area (Å²) in [5.41, 5.74) is 9.87. The molecule has 1 saturated carbocycles. The monoisotopic (exact) mass is 338 g/mol. The van der Waals surface area contributed by atoms with E-state index in [1.807, 2.05) is 6.07 Å². The van der Waals surface area contributed by atoms with Gasteiger partial charge in [0, 0.05) is 19.3 Å². The molecule has 0 aliphatic heterocycles. The highest BCUT2D eigenvalue weighted by molar-refractivity contribution is 5.92. The fourth-order valence-corrected chi connectivity index (χ4v) is 3.29. The number of aromatic nitrogens is 4. The molecule has 1 aliphatic carbocycles. The maximum atomic E-state index is 12.1. The summed E-state index contributed by atoms with van der Waals surface area (Å²) in [4.78, 5) is 20.0. The number of hydrogen-bond acceptors (Lipinski definition) is 4. The Labute approximate surface area is 145 Å². The van der Waals surface area contributed by atoms with Gasteiger partial charge in [-0.05, 0) is 42.5 Å². The average molecular weight is 338 g/mol. The van der Waals surface area contributed by atoms with E-state index in [2.05, 4.69) is 32.5 Å². The summed E-state index contributed by atoms with van der Waals surface area (Å²) in [6, 6.07) is 7.91. The van der Waals surface area contributed by atoms with Gasteiger partial charge in [-0.2, -0.15) is 5.10 Å². The van der Waals surface area contributed by atoms with Crippen molar-refractivity contribution in [1.82, 2.24) is 25.1 Å². The zero-order valence-corrected chi connectivity index (χ0v) is 14.2. The zero-order chi connectivity index (χ0) is 17.4. The number of nitrogens with zero attached hydrogens (tertiary/aromatic N) is 3. The van der Waals surface area contributed by atoms with E-state index < -0.39 is 0 Å². The highest BCUT2D eigenvalue weighted by Gasteiger charge is 2.25. The normalized spacial score (nSPS) is 15.9. The van der Waals surface area contributed by atoms with Crippen LogP contribution >= 0.6 is 0 Å². The number of rotatable bonds is 5. The molecule has 130 valence electrons. The first-order chi connectivity index (χ1) is 12.1. The van der Waals surface area contributed by atoms with Crippen molar-refractivity contribution < 1.29 is 4.79 Å². The summed E-state index contributed by atoms with van der Waals surface area (Å²) < 4.78 is 1.54. The molecule has 0 bridgehead atoms. The van der Waals surface area contributed by atoms with Crippen LogP contribution in [-0.2, 0) is 13.6 Å². The van der Waals surface area contributed by atoms with E-state index in [0.717, 1.165) is 22.4 Å². The summed E-state index contributed by atoms with van der Waals surface area (Å²) >= 11 is 0. The number of imidazole rings is 1. The Balaban J connectivity index is 1.47. The molecule has 7 heteroatoms. The lowest BCUT2D eigenvalue weighted by Crippen LogP contribution is -2.26. The molecule has 25 heavy (non-hydrogen) atoms. The van der Waals surface area contributed by atoms with Crippen LogP contribution in [0.4, 0.5) is 0 Å². The van der Waals surface area contributed by atoms with Crippen molar-refractivity contribution in [2.75, 3.05) is 0 Å². The molecule has 0 radical (unpaired) electrons. The lowest BCUT2D eigenvalue weighted by atomic mass is 9.77. The van der Waals surface area contributed by atoms with E-state index in [0.29, 0.717) is 18.2 Å². The third-order valence-corrected chi connectivity index (χ3v) is 5.07. The molecule has 1 unspecified atom stereocenters. The van der Waals surface area contributed by atoms with Crippen LogP contribution in [0.3, 0.4) is 0 Å². The number of benzene rings is 1. The van der Waals surface area contributed by atoms with Crippen molar-refractivity contribution in [3.63, 3.8) is 0 Å². The minimum Gasteiger partial charge on any atom is -0.343 e. The number of aromatic amines is 1. The number of amides is 1. The molecule has 2 aromatic heterocycles. The van der Waals surface area contributed by atoms with E-state index in [1.54, 1.807) is 24.0 Å². The van der Waals surface area contributed by atoms with Crippen molar-refractivity contribution in [1.29, 1.82) is 0 Å². The van der Waals surface area contributed by atoms with Gasteiger partial charge in [-0.3, -0.25) is 9.48 Å².